The molecule has 1 fully saturated rings. The van der Waals surface area contributed by atoms with Gasteiger partial charge in [0.2, 0.25) is 0 Å². The average Bonchev–Trinajstić information content (AvgIpc) is 3.05. The maximum atomic E-state index is 13.3. The number of thiophene rings is 1. The van der Waals surface area contributed by atoms with Gasteiger partial charge < -0.3 is 10.2 Å². The number of hydrogen-bond donors (Lipinski definition) is 1. The van der Waals surface area contributed by atoms with Gasteiger partial charge in [0, 0.05) is 23.2 Å². The van der Waals surface area contributed by atoms with E-state index in [4.69, 9.17) is 11.6 Å². The van der Waals surface area contributed by atoms with Crippen LogP contribution < -0.4 is 10.2 Å². The van der Waals surface area contributed by atoms with Crippen LogP contribution in [0.15, 0.2) is 42.5 Å². The van der Waals surface area contributed by atoms with Crippen molar-refractivity contribution in [3.8, 4) is 0 Å². The van der Waals surface area contributed by atoms with Gasteiger partial charge in [-0.25, -0.2) is 0 Å². The average molecular weight is 439 g/mol. The molecule has 1 N–H and O–H groups in total. The summed E-state index contributed by atoms with van der Waals surface area (Å²) in [6, 6.07) is 10.8. The van der Waals surface area contributed by atoms with Crippen molar-refractivity contribution in [2.45, 2.75) is 25.4 Å². The molecule has 1 amide bonds. The number of halogens is 4. The van der Waals surface area contributed by atoms with Crippen molar-refractivity contribution in [2.75, 3.05) is 23.3 Å². The number of nitrogens with zero attached hydrogens (tertiary/aromatic N) is 1. The normalized spacial score (nSPS) is 15.0. The zero-order valence-corrected chi connectivity index (χ0v) is 16.9. The number of rotatable bonds is 3. The summed E-state index contributed by atoms with van der Waals surface area (Å²) in [5.74, 6) is -0.506. The van der Waals surface area contributed by atoms with E-state index in [2.05, 4.69) is 5.32 Å². The lowest BCUT2D eigenvalue weighted by Gasteiger charge is -2.31. The van der Waals surface area contributed by atoms with E-state index in [9.17, 15) is 18.0 Å². The number of piperidine rings is 1. The monoisotopic (exact) mass is 438 g/mol. The Morgan fingerprint density at radius 1 is 1.07 bits per heavy atom. The Morgan fingerprint density at radius 2 is 1.79 bits per heavy atom. The Labute approximate surface area is 175 Å². The maximum absolute atomic E-state index is 13.3. The van der Waals surface area contributed by atoms with Gasteiger partial charge >= 0.3 is 6.18 Å². The largest absolute Gasteiger partial charge is 0.416 e. The summed E-state index contributed by atoms with van der Waals surface area (Å²) >= 11 is 7.59. The molecule has 0 unspecified atom stereocenters. The SMILES string of the molecule is O=C(Nc1cc(C(F)(F)F)ccc1N1CCCCC1)c1sc2ccccc2c1Cl. The summed E-state index contributed by atoms with van der Waals surface area (Å²) in [5, 5.41) is 3.75. The highest BCUT2D eigenvalue weighted by molar-refractivity contribution is 7.21. The van der Waals surface area contributed by atoms with Gasteiger partial charge in [0.15, 0.2) is 0 Å². The van der Waals surface area contributed by atoms with Crippen molar-refractivity contribution in [3.05, 3.63) is 57.9 Å². The van der Waals surface area contributed by atoms with Crippen LogP contribution in [0.2, 0.25) is 5.02 Å². The molecule has 2 heterocycles. The highest BCUT2D eigenvalue weighted by Crippen LogP contribution is 2.39. The molecule has 0 aliphatic carbocycles. The molecule has 0 bridgehead atoms. The first-order valence-electron chi connectivity index (χ1n) is 9.29. The first-order valence-corrected chi connectivity index (χ1v) is 10.5. The van der Waals surface area contributed by atoms with Crippen LogP contribution in [0.5, 0.6) is 0 Å². The molecule has 1 saturated heterocycles. The maximum Gasteiger partial charge on any atom is 0.416 e. The smallest absolute Gasteiger partial charge is 0.370 e. The van der Waals surface area contributed by atoms with Gasteiger partial charge in [-0.3, -0.25) is 4.79 Å². The zero-order valence-electron chi connectivity index (χ0n) is 15.4. The van der Waals surface area contributed by atoms with Gasteiger partial charge in [-0.2, -0.15) is 13.2 Å². The van der Waals surface area contributed by atoms with Crippen molar-refractivity contribution >= 4 is 50.3 Å². The lowest BCUT2D eigenvalue weighted by atomic mass is 10.1. The Kier molecular flexibility index (Phi) is 5.44. The third-order valence-corrected chi connectivity index (χ3v) is 6.68. The molecular weight excluding hydrogens is 421 g/mol. The molecule has 1 aliphatic heterocycles. The molecule has 1 aliphatic rings. The molecule has 0 atom stereocenters. The minimum atomic E-state index is -4.49. The summed E-state index contributed by atoms with van der Waals surface area (Å²) in [7, 11) is 0. The summed E-state index contributed by atoms with van der Waals surface area (Å²) in [4.78, 5) is 15.2. The standard InChI is InChI=1S/C21H18ClF3N2OS/c22-18-14-6-2-3-7-17(14)29-19(18)20(28)26-15-12-13(21(23,24)25)8-9-16(15)27-10-4-1-5-11-27/h2-3,6-9,12H,1,4-5,10-11H2,(H,26,28). The van der Waals surface area contributed by atoms with Gasteiger partial charge in [-0.1, -0.05) is 29.8 Å². The fourth-order valence-electron chi connectivity index (χ4n) is 3.56. The van der Waals surface area contributed by atoms with E-state index in [-0.39, 0.29) is 10.6 Å². The van der Waals surface area contributed by atoms with E-state index in [0.717, 1.165) is 54.6 Å². The Bertz CT molecular complexity index is 1060. The fraction of sp³-hybridized carbons (Fsp3) is 0.286. The lowest BCUT2D eigenvalue weighted by molar-refractivity contribution is -0.137. The van der Waals surface area contributed by atoms with Crippen molar-refractivity contribution in [1.29, 1.82) is 0 Å². The topological polar surface area (TPSA) is 32.3 Å². The van der Waals surface area contributed by atoms with Crippen molar-refractivity contribution in [1.82, 2.24) is 0 Å². The summed E-state index contributed by atoms with van der Waals surface area (Å²) in [6.07, 6.45) is -1.46. The Hall–Kier alpha value is -2.25. The number of fused-ring (bicyclic) bond motifs is 1. The second-order valence-electron chi connectivity index (χ2n) is 6.97. The predicted octanol–water partition coefficient (Wildman–Crippen LogP) is 6.82. The summed E-state index contributed by atoms with van der Waals surface area (Å²) < 4.78 is 40.6. The zero-order chi connectivity index (χ0) is 20.6. The predicted molar refractivity (Wildman–Crippen MR) is 112 cm³/mol. The molecule has 3 aromatic rings. The lowest BCUT2D eigenvalue weighted by Crippen LogP contribution is -2.30. The van der Waals surface area contributed by atoms with Crippen molar-refractivity contribution < 1.29 is 18.0 Å². The second kappa shape index (κ2) is 7.88. The molecule has 4 rings (SSSR count). The molecule has 0 spiro atoms. The summed E-state index contributed by atoms with van der Waals surface area (Å²) in [5.41, 5.74) is -0.0421. The Balaban J connectivity index is 1.71. The highest BCUT2D eigenvalue weighted by Gasteiger charge is 2.32. The number of anilines is 2. The van der Waals surface area contributed by atoms with Crippen molar-refractivity contribution in [3.63, 3.8) is 0 Å². The molecule has 2 aromatic carbocycles. The number of hydrogen-bond acceptors (Lipinski definition) is 3. The van der Waals surface area contributed by atoms with E-state index in [0.29, 0.717) is 10.7 Å². The molecular formula is C21H18ClF3N2OS. The first-order chi connectivity index (χ1) is 13.8. The number of carbonyl (C=O) groups excluding carboxylic acids is 1. The van der Waals surface area contributed by atoms with Gasteiger partial charge in [-0.15, -0.1) is 11.3 Å². The summed E-state index contributed by atoms with van der Waals surface area (Å²) in [6.45, 7) is 1.50. The molecule has 29 heavy (non-hydrogen) atoms. The van der Waals surface area contributed by atoms with Crippen LogP contribution in [-0.2, 0) is 6.18 Å². The molecule has 3 nitrogen and oxygen atoms in total. The van der Waals surface area contributed by atoms with Crippen LogP contribution in [0.1, 0.15) is 34.5 Å². The van der Waals surface area contributed by atoms with E-state index in [1.807, 2.05) is 29.2 Å². The number of carbonyl (C=O) groups is 1. The third kappa shape index (κ3) is 4.07. The van der Waals surface area contributed by atoms with Crippen LogP contribution in [0.4, 0.5) is 24.5 Å². The number of amides is 1. The van der Waals surface area contributed by atoms with E-state index < -0.39 is 17.6 Å². The highest BCUT2D eigenvalue weighted by atomic mass is 35.5. The number of nitrogens with one attached hydrogen (secondary N) is 1. The number of alkyl halides is 3. The second-order valence-corrected chi connectivity index (χ2v) is 8.40. The minimum absolute atomic E-state index is 0.153. The van der Waals surface area contributed by atoms with Gasteiger partial charge in [0.1, 0.15) is 4.88 Å². The molecule has 0 saturated carbocycles. The first kappa shape index (κ1) is 20.0. The molecule has 8 heteroatoms. The van der Waals surface area contributed by atoms with Gasteiger partial charge in [0.25, 0.3) is 5.91 Å². The van der Waals surface area contributed by atoms with Crippen LogP contribution in [0, 0.1) is 0 Å². The number of benzene rings is 2. The quantitative estimate of drug-likeness (QED) is 0.486. The van der Waals surface area contributed by atoms with Crippen LogP contribution in [0.3, 0.4) is 0 Å². The van der Waals surface area contributed by atoms with E-state index >= 15 is 0 Å². The molecule has 152 valence electrons. The van der Waals surface area contributed by atoms with Crippen molar-refractivity contribution in [2.24, 2.45) is 0 Å². The van der Waals surface area contributed by atoms with Crippen LogP contribution in [-0.4, -0.2) is 19.0 Å². The molecule has 0 radical (unpaired) electrons. The fourth-order valence-corrected chi connectivity index (χ4v) is 4.97. The van der Waals surface area contributed by atoms with Gasteiger partial charge in [0.05, 0.1) is 22.0 Å². The Morgan fingerprint density at radius 3 is 2.48 bits per heavy atom. The van der Waals surface area contributed by atoms with E-state index in [1.54, 1.807) is 0 Å². The van der Waals surface area contributed by atoms with Gasteiger partial charge in [-0.05, 0) is 43.5 Å². The minimum Gasteiger partial charge on any atom is -0.370 e. The van der Waals surface area contributed by atoms with Crippen LogP contribution in [0.25, 0.3) is 10.1 Å². The third-order valence-electron chi connectivity index (χ3n) is 5.01. The van der Waals surface area contributed by atoms with Crippen LogP contribution >= 0.6 is 22.9 Å². The molecule has 1 aromatic heterocycles. The van der Waals surface area contributed by atoms with E-state index in [1.165, 1.54) is 17.4 Å².